The first kappa shape index (κ1) is 20.4. The fourth-order valence-electron chi connectivity index (χ4n) is 2.76. The highest BCUT2D eigenvalue weighted by Crippen LogP contribution is 2.18. The summed E-state index contributed by atoms with van der Waals surface area (Å²) in [7, 11) is 0. The van der Waals surface area contributed by atoms with Gasteiger partial charge in [0.1, 0.15) is 12.4 Å². The van der Waals surface area contributed by atoms with Crippen molar-refractivity contribution < 1.29 is 13.9 Å². The number of amides is 1. The zero-order valence-electron chi connectivity index (χ0n) is 15.4. The molecule has 0 atom stereocenters. The number of pyridine rings is 1. The van der Waals surface area contributed by atoms with Crippen LogP contribution in [0, 0.1) is 5.82 Å². The van der Waals surface area contributed by atoms with Crippen molar-refractivity contribution in [2.24, 2.45) is 0 Å². The molecule has 3 N–H and O–H groups in total. The van der Waals surface area contributed by atoms with Crippen LogP contribution in [0.5, 0.6) is 5.75 Å². The lowest BCUT2D eigenvalue weighted by Crippen LogP contribution is -2.33. The topological polar surface area (TPSA) is 86.3 Å². The van der Waals surface area contributed by atoms with E-state index < -0.39 is 17.2 Å². The van der Waals surface area contributed by atoms with Gasteiger partial charge in [0.15, 0.2) is 11.4 Å². The van der Waals surface area contributed by atoms with Crippen molar-refractivity contribution in [1.82, 2.24) is 9.99 Å². The van der Waals surface area contributed by atoms with Gasteiger partial charge in [-0.15, -0.1) is 0 Å². The third-order valence-electron chi connectivity index (χ3n) is 4.24. The van der Waals surface area contributed by atoms with E-state index >= 15 is 0 Å². The number of rotatable bonds is 7. The number of carbonyl (C=O) groups is 1. The molecule has 29 heavy (non-hydrogen) atoms. The smallest absolute Gasteiger partial charge is 0.273 e. The summed E-state index contributed by atoms with van der Waals surface area (Å²) in [5.74, 6) is 4.57. The molecular weight excluding hydrogens is 397 g/mol. The summed E-state index contributed by atoms with van der Waals surface area (Å²) in [6.45, 7) is 0.228. The normalized spacial score (nSPS) is 10.6. The van der Waals surface area contributed by atoms with Gasteiger partial charge in [0.05, 0.1) is 5.02 Å². The Bertz CT molecular complexity index is 1070. The zero-order chi connectivity index (χ0) is 20.8. The Balaban J connectivity index is 1.73. The maximum absolute atomic E-state index is 14.0. The number of hydrogen-bond donors (Lipinski definition) is 2. The molecule has 0 aliphatic heterocycles. The molecule has 0 aliphatic carbocycles. The first-order chi connectivity index (χ1) is 14.0. The number of nitrogens with zero attached hydrogens (tertiary/aromatic N) is 1. The summed E-state index contributed by atoms with van der Waals surface area (Å²) >= 11 is 5.76. The fraction of sp³-hybridized carbons (Fsp3) is 0.143. The van der Waals surface area contributed by atoms with Gasteiger partial charge in [-0.05, 0) is 23.6 Å². The number of aromatic nitrogens is 1. The highest BCUT2D eigenvalue weighted by atomic mass is 35.5. The van der Waals surface area contributed by atoms with Crippen molar-refractivity contribution >= 4 is 17.5 Å². The zero-order valence-corrected chi connectivity index (χ0v) is 16.2. The number of nitrogen functional groups attached to an aromatic ring is 1. The van der Waals surface area contributed by atoms with Gasteiger partial charge in [-0.2, -0.15) is 0 Å². The van der Waals surface area contributed by atoms with Gasteiger partial charge in [-0.25, -0.2) is 4.39 Å². The minimum absolute atomic E-state index is 0.0179. The van der Waals surface area contributed by atoms with Crippen molar-refractivity contribution in [2.45, 2.75) is 13.0 Å². The molecule has 3 rings (SSSR count). The average Bonchev–Trinajstić information content (AvgIpc) is 2.72. The van der Waals surface area contributed by atoms with E-state index in [4.69, 9.17) is 22.2 Å². The number of nitrogens with two attached hydrogens (primary N) is 1. The summed E-state index contributed by atoms with van der Waals surface area (Å²) in [5, 5.41) is 2.65. The second-order valence-corrected chi connectivity index (χ2v) is 6.67. The summed E-state index contributed by atoms with van der Waals surface area (Å²) < 4.78 is 20.6. The van der Waals surface area contributed by atoms with Crippen molar-refractivity contribution in [3.8, 4) is 5.75 Å². The van der Waals surface area contributed by atoms with Crippen molar-refractivity contribution in [2.75, 3.05) is 12.4 Å². The number of benzene rings is 2. The third kappa shape index (κ3) is 4.94. The second kappa shape index (κ2) is 9.25. The Morgan fingerprint density at radius 3 is 2.66 bits per heavy atom. The lowest BCUT2D eigenvalue weighted by atomic mass is 10.1. The van der Waals surface area contributed by atoms with Crippen LogP contribution in [0.15, 0.2) is 65.6 Å². The first-order valence-electron chi connectivity index (χ1n) is 8.86. The Morgan fingerprint density at radius 2 is 1.90 bits per heavy atom. The molecule has 150 valence electrons. The molecule has 0 fully saturated rings. The van der Waals surface area contributed by atoms with Crippen molar-refractivity contribution in [3.63, 3.8) is 0 Å². The second-order valence-electron chi connectivity index (χ2n) is 6.26. The lowest BCUT2D eigenvalue weighted by Gasteiger charge is -2.14. The predicted octanol–water partition coefficient (Wildman–Crippen LogP) is 2.91. The Labute approximate surface area is 171 Å². The maximum atomic E-state index is 14.0. The Hall–Kier alpha value is -3.32. The van der Waals surface area contributed by atoms with Gasteiger partial charge in [-0.1, -0.05) is 54.1 Å². The van der Waals surface area contributed by atoms with Crippen LogP contribution < -0.4 is 21.3 Å². The van der Waals surface area contributed by atoms with E-state index in [9.17, 15) is 14.0 Å². The third-order valence-corrected chi connectivity index (χ3v) is 4.53. The Morgan fingerprint density at radius 1 is 1.14 bits per heavy atom. The van der Waals surface area contributed by atoms with Gasteiger partial charge in [0.25, 0.3) is 5.91 Å². The molecule has 0 saturated carbocycles. The molecule has 3 aromatic rings. The van der Waals surface area contributed by atoms with E-state index in [0.29, 0.717) is 5.56 Å². The van der Waals surface area contributed by atoms with Crippen molar-refractivity contribution in [3.05, 3.63) is 98.7 Å². The van der Waals surface area contributed by atoms with Crippen LogP contribution in [0.4, 0.5) is 4.39 Å². The molecule has 1 amide bonds. The molecule has 6 nitrogen and oxygen atoms in total. The number of halogens is 2. The van der Waals surface area contributed by atoms with Crippen molar-refractivity contribution in [1.29, 1.82) is 0 Å². The average molecular weight is 416 g/mol. The van der Waals surface area contributed by atoms with Crippen LogP contribution in [0.2, 0.25) is 5.02 Å². The summed E-state index contributed by atoms with van der Waals surface area (Å²) in [6, 6.07) is 15.1. The SMILES string of the molecule is Nn1ccc(=O)c(OCc2ccccc2)c1C(=O)NCCc1cccc(Cl)c1F. The number of ether oxygens (including phenoxy) is 1. The maximum Gasteiger partial charge on any atom is 0.273 e. The van der Waals surface area contributed by atoms with Gasteiger partial charge < -0.3 is 15.9 Å². The molecule has 1 heterocycles. The molecular formula is C21H19ClFN3O3. The van der Waals surface area contributed by atoms with Crippen LogP contribution in [-0.4, -0.2) is 17.1 Å². The monoisotopic (exact) mass is 415 g/mol. The predicted molar refractivity (Wildman–Crippen MR) is 109 cm³/mol. The Kier molecular flexibility index (Phi) is 6.51. The molecule has 0 aliphatic rings. The van der Waals surface area contributed by atoms with E-state index in [1.54, 1.807) is 12.1 Å². The number of carbonyl (C=O) groups excluding carboxylic acids is 1. The summed E-state index contributed by atoms with van der Waals surface area (Å²) in [5.41, 5.74) is 0.632. The van der Waals surface area contributed by atoms with Gasteiger partial charge in [-0.3, -0.25) is 14.3 Å². The minimum Gasteiger partial charge on any atom is -0.482 e. The van der Waals surface area contributed by atoms with Crippen LogP contribution in [0.1, 0.15) is 21.6 Å². The molecule has 0 spiro atoms. The molecule has 0 bridgehead atoms. The van der Waals surface area contributed by atoms with Gasteiger partial charge in [0, 0.05) is 18.8 Å². The molecule has 2 aromatic carbocycles. The quantitative estimate of drug-likeness (QED) is 0.581. The van der Waals surface area contributed by atoms with E-state index in [1.165, 1.54) is 18.3 Å². The van der Waals surface area contributed by atoms with Crippen LogP contribution in [0.3, 0.4) is 0 Å². The van der Waals surface area contributed by atoms with Crippen LogP contribution in [0.25, 0.3) is 0 Å². The molecule has 0 saturated heterocycles. The summed E-state index contributed by atoms with van der Waals surface area (Å²) in [6.07, 6.45) is 1.50. The number of hydrogen-bond acceptors (Lipinski definition) is 4. The van der Waals surface area contributed by atoms with Crippen LogP contribution in [-0.2, 0) is 13.0 Å². The number of nitrogens with one attached hydrogen (secondary N) is 1. The summed E-state index contributed by atoms with van der Waals surface area (Å²) in [4.78, 5) is 24.9. The van der Waals surface area contributed by atoms with E-state index in [2.05, 4.69) is 5.32 Å². The highest BCUT2D eigenvalue weighted by Gasteiger charge is 2.19. The van der Waals surface area contributed by atoms with E-state index in [0.717, 1.165) is 10.2 Å². The van der Waals surface area contributed by atoms with Crippen LogP contribution >= 0.6 is 11.6 Å². The largest absolute Gasteiger partial charge is 0.482 e. The minimum atomic E-state index is -0.601. The highest BCUT2D eigenvalue weighted by molar-refractivity contribution is 6.30. The fourth-order valence-corrected chi connectivity index (χ4v) is 2.95. The van der Waals surface area contributed by atoms with E-state index in [-0.39, 0.29) is 36.0 Å². The lowest BCUT2D eigenvalue weighted by molar-refractivity contribution is 0.0940. The van der Waals surface area contributed by atoms with Gasteiger partial charge in [0.2, 0.25) is 5.43 Å². The molecule has 0 unspecified atom stereocenters. The standard InChI is InChI=1S/C21H19ClFN3O3/c22-16-8-4-7-15(18(16)23)9-11-25-21(28)19-20(17(27)10-12-26(19)24)29-13-14-5-2-1-3-6-14/h1-8,10,12H,9,11,13,24H2,(H,25,28). The molecule has 0 radical (unpaired) electrons. The van der Waals surface area contributed by atoms with E-state index in [1.807, 2.05) is 30.3 Å². The van der Waals surface area contributed by atoms with Gasteiger partial charge >= 0.3 is 0 Å². The molecule has 1 aromatic heterocycles. The molecule has 8 heteroatoms. The first-order valence-corrected chi connectivity index (χ1v) is 9.23.